The zero-order chi connectivity index (χ0) is 14.7. The van der Waals surface area contributed by atoms with E-state index in [1.54, 1.807) is 0 Å². The zero-order valence-electron chi connectivity index (χ0n) is 12.7. The highest BCUT2D eigenvalue weighted by Crippen LogP contribution is 2.40. The van der Waals surface area contributed by atoms with Crippen molar-refractivity contribution in [1.82, 2.24) is 10.2 Å². The van der Waals surface area contributed by atoms with Crippen molar-refractivity contribution in [3.05, 3.63) is 35.9 Å². The molecule has 1 aromatic rings. The van der Waals surface area contributed by atoms with E-state index in [1.807, 2.05) is 30.0 Å². The zero-order valence-corrected chi connectivity index (χ0v) is 13.5. The van der Waals surface area contributed by atoms with Gasteiger partial charge in [-0.25, -0.2) is 0 Å². The minimum atomic E-state index is 0.0460. The number of carbonyl (C=O) groups is 1. The fourth-order valence-electron chi connectivity index (χ4n) is 3.59. The summed E-state index contributed by atoms with van der Waals surface area (Å²) in [6, 6.07) is 10.3. The SMILES string of the molecule is CSC1(CN2C(=O)CNC2c2ccccc2)CCCCC1. The molecule has 21 heavy (non-hydrogen) atoms. The Morgan fingerprint density at radius 3 is 2.62 bits per heavy atom. The maximum atomic E-state index is 12.3. The van der Waals surface area contributed by atoms with Crippen molar-refractivity contribution in [3.8, 4) is 0 Å². The van der Waals surface area contributed by atoms with Gasteiger partial charge < -0.3 is 4.90 Å². The normalized spacial score (nSPS) is 25.3. The molecular formula is C17H24N2OS. The summed E-state index contributed by atoms with van der Waals surface area (Å²) in [5.74, 6) is 0.239. The summed E-state index contributed by atoms with van der Waals surface area (Å²) in [5.41, 5.74) is 1.19. The molecule has 1 unspecified atom stereocenters. The predicted octanol–water partition coefficient (Wildman–Crippen LogP) is 3.18. The van der Waals surface area contributed by atoms with Crippen LogP contribution in [0.5, 0.6) is 0 Å². The van der Waals surface area contributed by atoms with Gasteiger partial charge in [0.15, 0.2) is 0 Å². The third kappa shape index (κ3) is 3.11. The van der Waals surface area contributed by atoms with Crippen molar-refractivity contribution in [2.75, 3.05) is 19.3 Å². The summed E-state index contributed by atoms with van der Waals surface area (Å²) in [5, 5.41) is 3.37. The van der Waals surface area contributed by atoms with Crippen LogP contribution in [0.4, 0.5) is 0 Å². The average molecular weight is 304 g/mol. The van der Waals surface area contributed by atoms with E-state index < -0.39 is 0 Å². The number of nitrogens with one attached hydrogen (secondary N) is 1. The molecular weight excluding hydrogens is 280 g/mol. The Bertz CT molecular complexity index is 485. The van der Waals surface area contributed by atoms with E-state index in [2.05, 4.69) is 28.6 Å². The van der Waals surface area contributed by atoms with Crippen LogP contribution >= 0.6 is 11.8 Å². The Labute approximate surface area is 131 Å². The Morgan fingerprint density at radius 2 is 1.95 bits per heavy atom. The van der Waals surface area contributed by atoms with Gasteiger partial charge in [-0.2, -0.15) is 11.8 Å². The third-order valence-corrected chi connectivity index (χ3v) is 6.25. The lowest BCUT2D eigenvalue weighted by Gasteiger charge is -2.40. The van der Waals surface area contributed by atoms with Gasteiger partial charge in [-0.05, 0) is 24.7 Å². The molecule has 1 aromatic carbocycles. The molecule has 0 radical (unpaired) electrons. The van der Waals surface area contributed by atoms with Crippen LogP contribution in [0.1, 0.15) is 43.8 Å². The first kappa shape index (κ1) is 14.9. The largest absolute Gasteiger partial charge is 0.320 e. The van der Waals surface area contributed by atoms with Gasteiger partial charge >= 0.3 is 0 Å². The third-order valence-electron chi connectivity index (χ3n) is 4.85. The molecule has 2 fully saturated rings. The highest BCUT2D eigenvalue weighted by Gasteiger charge is 2.39. The van der Waals surface area contributed by atoms with Crippen LogP contribution in [0, 0.1) is 0 Å². The molecule has 3 rings (SSSR count). The summed E-state index contributed by atoms with van der Waals surface area (Å²) in [6.07, 6.45) is 8.66. The monoisotopic (exact) mass is 304 g/mol. The van der Waals surface area contributed by atoms with Crippen molar-refractivity contribution in [3.63, 3.8) is 0 Å². The quantitative estimate of drug-likeness (QED) is 0.927. The number of rotatable bonds is 4. The second-order valence-electron chi connectivity index (χ2n) is 6.16. The molecule has 1 N–H and O–H groups in total. The molecule has 1 atom stereocenters. The second-order valence-corrected chi connectivity index (χ2v) is 7.44. The second kappa shape index (κ2) is 6.41. The van der Waals surface area contributed by atoms with Gasteiger partial charge in [-0.15, -0.1) is 0 Å². The van der Waals surface area contributed by atoms with Crippen molar-refractivity contribution in [2.24, 2.45) is 0 Å². The van der Waals surface area contributed by atoms with E-state index in [1.165, 1.54) is 37.7 Å². The van der Waals surface area contributed by atoms with Crippen molar-refractivity contribution < 1.29 is 4.79 Å². The lowest BCUT2D eigenvalue weighted by molar-refractivity contribution is -0.128. The highest BCUT2D eigenvalue weighted by molar-refractivity contribution is 8.00. The van der Waals surface area contributed by atoms with Crippen molar-refractivity contribution in [2.45, 2.75) is 43.0 Å². The first-order chi connectivity index (χ1) is 10.2. The highest BCUT2D eigenvalue weighted by atomic mass is 32.2. The van der Waals surface area contributed by atoms with Gasteiger partial charge in [0.1, 0.15) is 6.17 Å². The average Bonchev–Trinajstić information content (AvgIpc) is 2.90. The molecule has 2 aliphatic rings. The fraction of sp³-hybridized carbons (Fsp3) is 0.588. The Hall–Kier alpha value is -1.00. The molecule has 0 bridgehead atoms. The van der Waals surface area contributed by atoms with Crippen molar-refractivity contribution in [1.29, 1.82) is 0 Å². The van der Waals surface area contributed by atoms with E-state index in [-0.39, 0.29) is 16.8 Å². The number of thioether (sulfide) groups is 1. The van der Waals surface area contributed by atoms with Crippen LogP contribution in [0.2, 0.25) is 0 Å². The van der Waals surface area contributed by atoms with E-state index >= 15 is 0 Å². The molecule has 0 spiro atoms. The van der Waals surface area contributed by atoms with E-state index in [4.69, 9.17) is 0 Å². The standard InChI is InChI=1S/C17H24N2OS/c1-21-17(10-6-3-7-11-17)13-19-15(20)12-18-16(19)14-8-4-2-5-9-14/h2,4-5,8-9,16,18H,3,6-7,10-13H2,1H3. The number of nitrogens with zero attached hydrogens (tertiary/aromatic N) is 1. The molecule has 3 nitrogen and oxygen atoms in total. The molecule has 4 heteroatoms. The molecule has 114 valence electrons. The summed E-state index contributed by atoms with van der Waals surface area (Å²) in [6.45, 7) is 1.34. The van der Waals surface area contributed by atoms with E-state index in [0.29, 0.717) is 6.54 Å². The van der Waals surface area contributed by atoms with E-state index in [9.17, 15) is 4.79 Å². The molecule has 1 heterocycles. The maximum absolute atomic E-state index is 12.3. The Kier molecular flexibility index (Phi) is 4.55. The number of benzene rings is 1. The summed E-state index contributed by atoms with van der Waals surface area (Å²) >= 11 is 1.96. The Balaban J connectivity index is 1.79. The fourth-order valence-corrected chi connectivity index (χ4v) is 4.55. The van der Waals surface area contributed by atoms with Crippen LogP contribution in [-0.4, -0.2) is 34.9 Å². The first-order valence-electron chi connectivity index (χ1n) is 7.87. The lowest BCUT2D eigenvalue weighted by Crippen LogP contribution is -2.44. The maximum Gasteiger partial charge on any atom is 0.238 e. The van der Waals surface area contributed by atoms with Crippen molar-refractivity contribution >= 4 is 17.7 Å². The van der Waals surface area contributed by atoms with Gasteiger partial charge in [-0.3, -0.25) is 10.1 Å². The van der Waals surface area contributed by atoms with Gasteiger partial charge in [0.2, 0.25) is 5.91 Å². The minimum absolute atomic E-state index is 0.0460. The first-order valence-corrected chi connectivity index (χ1v) is 9.10. The number of carbonyl (C=O) groups excluding carboxylic acids is 1. The van der Waals surface area contributed by atoms with Gasteiger partial charge in [0, 0.05) is 11.3 Å². The summed E-state index contributed by atoms with van der Waals surface area (Å²) in [7, 11) is 0. The van der Waals surface area contributed by atoms with Gasteiger partial charge in [0.05, 0.1) is 6.54 Å². The summed E-state index contributed by atoms with van der Waals surface area (Å²) in [4.78, 5) is 14.4. The van der Waals surface area contributed by atoms with E-state index in [0.717, 1.165) is 6.54 Å². The Morgan fingerprint density at radius 1 is 1.24 bits per heavy atom. The minimum Gasteiger partial charge on any atom is -0.320 e. The van der Waals surface area contributed by atoms with Crippen LogP contribution < -0.4 is 5.32 Å². The number of amides is 1. The van der Waals surface area contributed by atoms with Crippen LogP contribution in [0.25, 0.3) is 0 Å². The van der Waals surface area contributed by atoms with Gasteiger partial charge in [-0.1, -0.05) is 49.6 Å². The van der Waals surface area contributed by atoms with Crippen LogP contribution in [0.15, 0.2) is 30.3 Å². The topological polar surface area (TPSA) is 32.3 Å². The molecule has 0 aromatic heterocycles. The molecule has 1 aliphatic carbocycles. The predicted molar refractivity (Wildman–Crippen MR) is 88.2 cm³/mol. The van der Waals surface area contributed by atoms with Crippen LogP contribution in [0.3, 0.4) is 0 Å². The lowest BCUT2D eigenvalue weighted by atomic mass is 9.87. The molecule has 1 aliphatic heterocycles. The molecule has 1 saturated carbocycles. The van der Waals surface area contributed by atoms with Crippen LogP contribution in [-0.2, 0) is 4.79 Å². The summed E-state index contributed by atoms with van der Waals surface area (Å²) < 4.78 is 0.257. The number of hydrogen-bond acceptors (Lipinski definition) is 3. The molecule has 1 saturated heterocycles. The van der Waals surface area contributed by atoms with Gasteiger partial charge in [0.25, 0.3) is 0 Å². The molecule has 1 amide bonds. The smallest absolute Gasteiger partial charge is 0.238 e. The number of hydrogen-bond donors (Lipinski definition) is 1.